The summed E-state index contributed by atoms with van der Waals surface area (Å²) in [6, 6.07) is 6.20. The number of fused-ring (bicyclic) bond motifs is 1. The zero-order chi connectivity index (χ0) is 15.3. The average Bonchev–Trinajstić information content (AvgIpc) is 2.86. The molecule has 0 radical (unpaired) electrons. The van der Waals surface area contributed by atoms with Crippen molar-refractivity contribution in [1.82, 2.24) is 0 Å². The first kappa shape index (κ1) is 13.6. The Morgan fingerprint density at radius 2 is 2.05 bits per heavy atom. The summed E-state index contributed by atoms with van der Waals surface area (Å²) in [5.74, 6) is 0.880. The van der Waals surface area contributed by atoms with E-state index in [9.17, 15) is 4.79 Å². The molecule has 1 aliphatic heterocycles. The molecule has 4 rings (SSSR count). The highest BCUT2D eigenvalue weighted by atomic mass is 16.5. The van der Waals surface area contributed by atoms with Gasteiger partial charge in [-0.25, -0.2) is 0 Å². The zero-order valence-electron chi connectivity index (χ0n) is 12.5. The van der Waals surface area contributed by atoms with E-state index in [4.69, 9.17) is 16.2 Å². The second-order valence-electron chi connectivity index (χ2n) is 6.69. The van der Waals surface area contributed by atoms with Crippen LogP contribution in [-0.4, -0.2) is 18.5 Å². The Balaban J connectivity index is 1.73. The van der Waals surface area contributed by atoms with Crippen molar-refractivity contribution < 1.29 is 9.53 Å². The van der Waals surface area contributed by atoms with E-state index in [0.717, 1.165) is 31.6 Å². The summed E-state index contributed by atoms with van der Waals surface area (Å²) in [5.41, 5.74) is 13.4. The molecule has 2 unspecified atom stereocenters. The summed E-state index contributed by atoms with van der Waals surface area (Å²) in [7, 11) is 0. The Kier molecular flexibility index (Phi) is 2.93. The van der Waals surface area contributed by atoms with Gasteiger partial charge < -0.3 is 16.2 Å². The molecule has 1 aromatic rings. The molecule has 3 aliphatic rings. The monoisotopic (exact) mass is 299 g/mol. The molecule has 0 bridgehead atoms. The highest BCUT2D eigenvalue weighted by Gasteiger charge is 2.69. The average molecular weight is 299 g/mol. The largest absolute Gasteiger partial charge is 0.493 e. The van der Waals surface area contributed by atoms with Crippen LogP contribution in [0.2, 0.25) is 0 Å². The molecule has 5 heteroatoms. The smallest absolute Gasteiger partial charge is 0.253 e. The quantitative estimate of drug-likeness (QED) is 0.642. The number of amides is 1. The minimum atomic E-state index is -0.150. The van der Waals surface area contributed by atoms with Crippen LogP contribution < -0.4 is 16.2 Å². The van der Waals surface area contributed by atoms with Crippen molar-refractivity contribution in [2.24, 2.45) is 27.8 Å². The number of hydrogen-bond acceptors (Lipinski definition) is 2. The molecule has 2 atom stereocenters. The summed E-state index contributed by atoms with van der Waals surface area (Å²) < 4.78 is 5.68. The second kappa shape index (κ2) is 4.73. The number of nitrogens with zero attached hydrogens (tertiary/aromatic N) is 1. The van der Waals surface area contributed by atoms with Crippen molar-refractivity contribution in [2.45, 2.75) is 38.0 Å². The number of guanidine groups is 1. The Morgan fingerprint density at radius 3 is 2.77 bits per heavy atom. The molecule has 2 fully saturated rings. The van der Waals surface area contributed by atoms with E-state index in [1.165, 1.54) is 24.0 Å². The lowest BCUT2D eigenvalue weighted by Gasteiger charge is -2.10. The fourth-order valence-electron chi connectivity index (χ4n) is 4.76. The number of carbonyl (C=O) groups is 1. The predicted octanol–water partition coefficient (Wildman–Crippen LogP) is 1.70. The van der Waals surface area contributed by atoms with E-state index < -0.39 is 0 Å². The Hall–Kier alpha value is -2.04. The first-order valence-corrected chi connectivity index (χ1v) is 8.01. The van der Waals surface area contributed by atoms with Crippen LogP contribution in [0.4, 0.5) is 0 Å². The van der Waals surface area contributed by atoms with Crippen LogP contribution in [-0.2, 0) is 11.2 Å². The van der Waals surface area contributed by atoms with E-state index in [0.29, 0.717) is 0 Å². The molecule has 2 saturated carbocycles. The normalized spacial score (nSPS) is 27.3. The summed E-state index contributed by atoms with van der Waals surface area (Å²) in [5, 5.41) is 0. The number of nitrogens with two attached hydrogens (primary N) is 2. The van der Waals surface area contributed by atoms with Crippen molar-refractivity contribution in [3.63, 3.8) is 0 Å². The van der Waals surface area contributed by atoms with Crippen LogP contribution in [0.25, 0.3) is 0 Å². The second-order valence-corrected chi connectivity index (χ2v) is 6.69. The number of ether oxygens (including phenoxy) is 1. The highest BCUT2D eigenvalue weighted by molar-refractivity contribution is 5.95. The summed E-state index contributed by atoms with van der Waals surface area (Å²) in [4.78, 5) is 16.3. The summed E-state index contributed by atoms with van der Waals surface area (Å²) >= 11 is 0. The van der Waals surface area contributed by atoms with Gasteiger partial charge in [-0.3, -0.25) is 4.79 Å². The van der Waals surface area contributed by atoms with Gasteiger partial charge >= 0.3 is 0 Å². The van der Waals surface area contributed by atoms with Gasteiger partial charge in [0.25, 0.3) is 5.91 Å². The van der Waals surface area contributed by atoms with E-state index in [-0.39, 0.29) is 29.1 Å². The van der Waals surface area contributed by atoms with Crippen LogP contribution >= 0.6 is 0 Å². The standard InChI is InChI=1S/C17H21N3O2/c18-16(19)20-15(21)14-13(17(14)7-1-2-8-17)11-4-3-5-12-10(11)6-9-22-12/h3-5,13-14H,1-2,6-9H2,(H4,18,19,20,21). The maximum Gasteiger partial charge on any atom is 0.253 e. The van der Waals surface area contributed by atoms with Crippen LogP contribution in [0.1, 0.15) is 42.7 Å². The highest BCUT2D eigenvalue weighted by Crippen LogP contribution is 2.73. The van der Waals surface area contributed by atoms with E-state index in [2.05, 4.69) is 11.1 Å². The fourth-order valence-corrected chi connectivity index (χ4v) is 4.76. The number of hydrogen-bond donors (Lipinski definition) is 2. The Morgan fingerprint density at radius 1 is 1.27 bits per heavy atom. The molecule has 2 aliphatic carbocycles. The lowest BCUT2D eigenvalue weighted by molar-refractivity contribution is -0.119. The van der Waals surface area contributed by atoms with E-state index >= 15 is 0 Å². The van der Waals surface area contributed by atoms with Gasteiger partial charge in [-0.2, -0.15) is 4.99 Å². The first-order chi connectivity index (χ1) is 10.6. The van der Waals surface area contributed by atoms with Crippen molar-refractivity contribution in [3.8, 4) is 5.75 Å². The van der Waals surface area contributed by atoms with E-state index in [1.54, 1.807) is 0 Å². The summed E-state index contributed by atoms with van der Waals surface area (Å²) in [6.07, 6.45) is 5.50. The van der Waals surface area contributed by atoms with Gasteiger partial charge in [0.2, 0.25) is 0 Å². The molecular formula is C17H21N3O2. The van der Waals surface area contributed by atoms with Gasteiger partial charge in [0.15, 0.2) is 5.96 Å². The molecule has 0 aromatic heterocycles. The van der Waals surface area contributed by atoms with Crippen LogP contribution in [0.3, 0.4) is 0 Å². The first-order valence-electron chi connectivity index (χ1n) is 8.01. The third kappa shape index (κ3) is 1.84. The van der Waals surface area contributed by atoms with Crippen molar-refractivity contribution >= 4 is 11.9 Å². The van der Waals surface area contributed by atoms with E-state index in [1.807, 2.05) is 12.1 Å². The molecule has 1 heterocycles. The third-order valence-electron chi connectivity index (χ3n) is 5.62. The topological polar surface area (TPSA) is 90.7 Å². The minimum Gasteiger partial charge on any atom is -0.493 e. The third-order valence-corrected chi connectivity index (χ3v) is 5.62. The number of carbonyl (C=O) groups excluding carboxylic acids is 1. The fraction of sp³-hybridized carbons (Fsp3) is 0.529. The van der Waals surface area contributed by atoms with Gasteiger partial charge in [0.05, 0.1) is 12.5 Å². The SMILES string of the molecule is NC(N)=NC(=O)C1C(c2cccc3c2CCO3)C12CCCC2. The minimum absolute atomic E-state index is 0.0656. The lowest BCUT2D eigenvalue weighted by Crippen LogP contribution is -2.25. The molecule has 0 saturated heterocycles. The molecule has 22 heavy (non-hydrogen) atoms. The van der Waals surface area contributed by atoms with Gasteiger partial charge in [-0.15, -0.1) is 0 Å². The lowest BCUT2D eigenvalue weighted by atomic mass is 9.93. The number of benzene rings is 1. The molecular weight excluding hydrogens is 278 g/mol. The molecule has 116 valence electrons. The molecule has 1 spiro atoms. The maximum atomic E-state index is 12.5. The molecule has 4 N–H and O–H groups in total. The zero-order valence-corrected chi connectivity index (χ0v) is 12.5. The van der Waals surface area contributed by atoms with Gasteiger partial charge in [0.1, 0.15) is 5.75 Å². The Bertz CT molecular complexity index is 658. The number of aliphatic imine (C=N–C) groups is 1. The van der Waals surface area contributed by atoms with Gasteiger partial charge in [-0.1, -0.05) is 25.0 Å². The van der Waals surface area contributed by atoms with Crippen LogP contribution in [0.5, 0.6) is 5.75 Å². The maximum absolute atomic E-state index is 12.5. The summed E-state index contributed by atoms with van der Waals surface area (Å²) in [6.45, 7) is 0.735. The molecule has 5 nitrogen and oxygen atoms in total. The molecule has 1 aromatic carbocycles. The Labute approximate surface area is 129 Å². The number of rotatable bonds is 2. The van der Waals surface area contributed by atoms with Gasteiger partial charge in [0, 0.05) is 17.9 Å². The van der Waals surface area contributed by atoms with Crippen LogP contribution in [0, 0.1) is 11.3 Å². The van der Waals surface area contributed by atoms with Crippen molar-refractivity contribution in [1.29, 1.82) is 0 Å². The van der Waals surface area contributed by atoms with Crippen LogP contribution in [0.15, 0.2) is 23.2 Å². The molecule has 1 amide bonds. The van der Waals surface area contributed by atoms with Crippen molar-refractivity contribution in [2.75, 3.05) is 6.61 Å². The van der Waals surface area contributed by atoms with Gasteiger partial charge in [-0.05, 0) is 29.9 Å². The van der Waals surface area contributed by atoms with Crippen molar-refractivity contribution in [3.05, 3.63) is 29.3 Å². The predicted molar refractivity (Wildman–Crippen MR) is 83.6 cm³/mol.